The summed E-state index contributed by atoms with van der Waals surface area (Å²) in [6.07, 6.45) is 5.36. The molecule has 0 bridgehead atoms. The molecular formula is C57H38N2O2. The van der Waals surface area contributed by atoms with E-state index in [1.807, 2.05) is 0 Å². The van der Waals surface area contributed by atoms with Gasteiger partial charge in [-0.05, 0) is 100 Å². The quantitative estimate of drug-likeness (QED) is 0.179. The second-order valence-corrected chi connectivity index (χ2v) is 17.6. The lowest BCUT2D eigenvalue weighted by molar-refractivity contribution is 0.572. The monoisotopic (exact) mass is 782 g/mol. The van der Waals surface area contributed by atoms with E-state index in [0.29, 0.717) is 0 Å². The minimum atomic E-state index is -0.120. The average Bonchev–Trinajstić information content (AvgIpc) is 4.08. The normalized spacial score (nSPS) is 15.5. The van der Waals surface area contributed by atoms with Crippen LogP contribution >= 0.6 is 0 Å². The molecule has 1 unspecified atom stereocenters. The highest BCUT2D eigenvalue weighted by Crippen LogP contribution is 2.52. The Morgan fingerprint density at radius 2 is 1.21 bits per heavy atom. The molecule has 4 heteroatoms. The zero-order valence-electron chi connectivity index (χ0n) is 33.7. The molecule has 12 aromatic rings. The largest absolute Gasteiger partial charge is 0.456 e. The lowest BCUT2D eigenvalue weighted by Gasteiger charge is -2.24. The standard InChI is InChI=1S/C57H38N2O2/c1-57(2)46-19-9-6-15-37(46)40-29-42-43-30-44-39-17-8-11-21-52(39)61-55(44)32-51(43)59(50(42)31-47(40)57)35-24-26-53-45(28-35)56-36(18-12-22-54(56)60-53)33-23-25-49-41(27-33)38-16-7-10-20-48(38)58(49)34-13-4-3-5-14-34/h3-27,29-32,35H,28H2,1-2H3. The zero-order valence-corrected chi connectivity index (χ0v) is 33.7. The van der Waals surface area contributed by atoms with Crippen molar-refractivity contribution in [2.45, 2.75) is 31.7 Å². The van der Waals surface area contributed by atoms with Gasteiger partial charge in [0.05, 0.1) is 28.1 Å². The Balaban J connectivity index is 0.974. The van der Waals surface area contributed by atoms with Gasteiger partial charge in [0.25, 0.3) is 0 Å². The molecule has 2 aliphatic carbocycles. The summed E-state index contributed by atoms with van der Waals surface area (Å²) >= 11 is 0. The zero-order chi connectivity index (χ0) is 40.1. The van der Waals surface area contributed by atoms with Crippen molar-refractivity contribution in [2.24, 2.45) is 0 Å². The van der Waals surface area contributed by atoms with Crippen molar-refractivity contribution >= 4 is 82.6 Å². The molecule has 4 heterocycles. The minimum Gasteiger partial charge on any atom is -0.456 e. The van der Waals surface area contributed by atoms with Crippen molar-refractivity contribution < 1.29 is 8.83 Å². The molecule has 0 fully saturated rings. The van der Waals surface area contributed by atoms with Crippen LogP contribution in [0.25, 0.3) is 111 Å². The summed E-state index contributed by atoms with van der Waals surface area (Å²) in [5, 5.41) is 8.50. The van der Waals surface area contributed by atoms with Crippen molar-refractivity contribution in [3.63, 3.8) is 0 Å². The van der Waals surface area contributed by atoms with Gasteiger partial charge in [0.2, 0.25) is 0 Å². The molecule has 0 N–H and O–H groups in total. The van der Waals surface area contributed by atoms with Gasteiger partial charge in [-0.3, -0.25) is 0 Å². The van der Waals surface area contributed by atoms with Crippen LogP contribution in [-0.2, 0) is 11.8 Å². The van der Waals surface area contributed by atoms with E-state index in [0.717, 1.165) is 45.4 Å². The third kappa shape index (κ3) is 4.44. The molecule has 14 rings (SSSR count). The molecule has 1 atom stereocenters. The molecule has 0 saturated heterocycles. The first-order chi connectivity index (χ1) is 30.0. The second kappa shape index (κ2) is 11.8. The van der Waals surface area contributed by atoms with E-state index in [4.69, 9.17) is 8.83 Å². The van der Waals surface area contributed by atoms with Crippen LogP contribution in [0.4, 0.5) is 0 Å². The van der Waals surface area contributed by atoms with Gasteiger partial charge in [-0.25, -0.2) is 0 Å². The number of para-hydroxylation sites is 3. The third-order valence-corrected chi connectivity index (χ3v) is 14.1. The topological polar surface area (TPSA) is 36.1 Å². The fraction of sp³-hybridized carbons (Fsp3) is 0.0877. The predicted octanol–water partition coefficient (Wildman–Crippen LogP) is 15.3. The predicted molar refractivity (Wildman–Crippen MR) is 252 cm³/mol. The first-order valence-corrected chi connectivity index (χ1v) is 21.3. The molecular weight excluding hydrogens is 745 g/mol. The molecule has 0 saturated carbocycles. The van der Waals surface area contributed by atoms with Gasteiger partial charge >= 0.3 is 0 Å². The molecule has 4 nitrogen and oxygen atoms in total. The fourth-order valence-electron chi connectivity index (χ4n) is 11.3. The first-order valence-electron chi connectivity index (χ1n) is 21.3. The highest BCUT2D eigenvalue weighted by atomic mass is 16.3. The maximum atomic E-state index is 6.71. The van der Waals surface area contributed by atoms with Crippen LogP contribution in [0.1, 0.15) is 42.3 Å². The number of allylic oxidation sites excluding steroid dienone is 1. The number of hydrogen-bond donors (Lipinski definition) is 0. The first kappa shape index (κ1) is 33.3. The number of aromatic nitrogens is 2. The number of rotatable bonds is 3. The Kier molecular flexibility index (Phi) is 6.44. The van der Waals surface area contributed by atoms with Gasteiger partial charge in [-0.2, -0.15) is 0 Å². The highest BCUT2D eigenvalue weighted by Gasteiger charge is 2.37. The average molecular weight is 783 g/mol. The van der Waals surface area contributed by atoms with E-state index in [1.165, 1.54) is 87.9 Å². The summed E-state index contributed by atoms with van der Waals surface area (Å²) in [5.74, 6) is 0.943. The van der Waals surface area contributed by atoms with Gasteiger partial charge in [0, 0.05) is 66.9 Å². The Labute approximate surface area is 351 Å². The van der Waals surface area contributed by atoms with Crippen molar-refractivity contribution in [2.75, 3.05) is 0 Å². The van der Waals surface area contributed by atoms with E-state index >= 15 is 0 Å². The minimum absolute atomic E-state index is 0.0412. The summed E-state index contributed by atoms with van der Waals surface area (Å²) in [6, 6.07) is 59.9. The Hall–Kier alpha value is -7.56. The van der Waals surface area contributed by atoms with Gasteiger partial charge < -0.3 is 18.0 Å². The van der Waals surface area contributed by atoms with Crippen LogP contribution in [0.5, 0.6) is 0 Å². The summed E-state index contributed by atoms with van der Waals surface area (Å²) < 4.78 is 18.2. The van der Waals surface area contributed by atoms with Crippen molar-refractivity contribution in [1.29, 1.82) is 0 Å². The highest BCUT2D eigenvalue weighted by molar-refractivity contribution is 6.18. The van der Waals surface area contributed by atoms with E-state index in [2.05, 4.69) is 199 Å². The summed E-state index contributed by atoms with van der Waals surface area (Å²) in [5.41, 5.74) is 17.7. The van der Waals surface area contributed by atoms with E-state index in [1.54, 1.807) is 0 Å². The van der Waals surface area contributed by atoms with Crippen LogP contribution in [0.2, 0.25) is 0 Å². The Morgan fingerprint density at radius 1 is 0.492 bits per heavy atom. The maximum Gasteiger partial charge on any atom is 0.137 e. The lowest BCUT2D eigenvalue weighted by atomic mass is 9.82. The second-order valence-electron chi connectivity index (χ2n) is 17.6. The van der Waals surface area contributed by atoms with Gasteiger partial charge in [-0.1, -0.05) is 117 Å². The van der Waals surface area contributed by atoms with Crippen LogP contribution in [0, 0.1) is 0 Å². The molecule has 0 aliphatic heterocycles. The van der Waals surface area contributed by atoms with Gasteiger partial charge in [0.15, 0.2) is 0 Å². The lowest BCUT2D eigenvalue weighted by Crippen LogP contribution is -2.16. The van der Waals surface area contributed by atoms with Crippen LogP contribution < -0.4 is 0 Å². The molecule has 8 aromatic carbocycles. The summed E-state index contributed by atoms with van der Waals surface area (Å²) in [4.78, 5) is 0. The molecule has 0 radical (unpaired) electrons. The molecule has 0 amide bonds. The van der Waals surface area contributed by atoms with Gasteiger partial charge in [-0.15, -0.1) is 0 Å². The summed E-state index contributed by atoms with van der Waals surface area (Å²) in [6.45, 7) is 4.75. The van der Waals surface area contributed by atoms with Crippen molar-refractivity contribution in [1.82, 2.24) is 9.13 Å². The number of hydrogen-bond acceptors (Lipinski definition) is 2. The molecule has 61 heavy (non-hydrogen) atoms. The Bertz CT molecular complexity index is 3880. The smallest absolute Gasteiger partial charge is 0.137 e. The number of furan rings is 2. The summed E-state index contributed by atoms with van der Waals surface area (Å²) in [7, 11) is 0. The number of benzene rings is 8. The van der Waals surface area contributed by atoms with Crippen LogP contribution in [-0.4, -0.2) is 9.13 Å². The molecule has 0 spiro atoms. The van der Waals surface area contributed by atoms with Crippen molar-refractivity contribution in [3.05, 3.63) is 192 Å². The molecule has 4 aromatic heterocycles. The number of nitrogens with zero attached hydrogens (tertiary/aromatic N) is 2. The molecule has 2 aliphatic rings. The fourth-order valence-corrected chi connectivity index (χ4v) is 11.3. The Morgan fingerprint density at radius 3 is 2.13 bits per heavy atom. The van der Waals surface area contributed by atoms with Gasteiger partial charge in [0.1, 0.15) is 22.5 Å². The SMILES string of the molecule is CC1(C)c2ccccc2-c2cc3c4cc5c(cc4n(C4C=Cc6oc7cccc(-c8ccc9c(c8)c8ccccc8n9-c8ccccc8)c7c6C4)c3cc21)oc1ccccc15. The van der Waals surface area contributed by atoms with Crippen LogP contribution in [0.3, 0.4) is 0 Å². The maximum absolute atomic E-state index is 6.71. The van der Waals surface area contributed by atoms with Crippen LogP contribution in [0.15, 0.2) is 179 Å². The third-order valence-electron chi connectivity index (χ3n) is 14.1. The number of fused-ring (bicyclic) bond motifs is 15. The van der Waals surface area contributed by atoms with E-state index < -0.39 is 0 Å². The van der Waals surface area contributed by atoms with Crippen molar-refractivity contribution in [3.8, 4) is 27.9 Å². The van der Waals surface area contributed by atoms with E-state index in [-0.39, 0.29) is 11.5 Å². The van der Waals surface area contributed by atoms with E-state index in [9.17, 15) is 0 Å². The molecule has 288 valence electrons.